The van der Waals surface area contributed by atoms with Crippen LogP contribution < -0.4 is 15.8 Å². The minimum absolute atomic E-state index is 0.0594. The lowest BCUT2D eigenvalue weighted by Crippen LogP contribution is -2.40. The van der Waals surface area contributed by atoms with Crippen LogP contribution in [0.5, 0.6) is 5.75 Å². The zero-order valence-corrected chi connectivity index (χ0v) is 11.1. The molecule has 0 atom stereocenters. The number of ether oxygens (including phenoxy) is 1. The van der Waals surface area contributed by atoms with E-state index in [9.17, 15) is 4.79 Å². The molecule has 4 heteroatoms. The summed E-state index contributed by atoms with van der Waals surface area (Å²) in [7, 11) is 0. The van der Waals surface area contributed by atoms with Crippen LogP contribution in [0.25, 0.3) is 0 Å². The van der Waals surface area contributed by atoms with E-state index in [1.54, 1.807) is 0 Å². The number of rotatable bonds is 4. The van der Waals surface area contributed by atoms with Crippen LogP contribution in [0.15, 0.2) is 18.2 Å². The Morgan fingerprint density at radius 2 is 2.26 bits per heavy atom. The molecule has 1 aromatic rings. The van der Waals surface area contributed by atoms with E-state index in [-0.39, 0.29) is 11.3 Å². The zero-order valence-electron chi connectivity index (χ0n) is 11.1. The highest BCUT2D eigenvalue weighted by molar-refractivity contribution is 5.91. The van der Waals surface area contributed by atoms with Crippen molar-refractivity contribution in [3.8, 4) is 5.75 Å². The van der Waals surface area contributed by atoms with Crippen LogP contribution in [0.1, 0.15) is 31.2 Å². The third kappa shape index (κ3) is 2.45. The fraction of sp³-hybridized carbons (Fsp3) is 0.533. The monoisotopic (exact) mass is 260 g/mol. The molecule has 1 amide bonds. The van der Waals surface area contributed by atoms with Gasteiger partial charge < -0.3 is 15.8 Å². The Hall–Kier alpha value is -1.55. The van der Waals surface area contributed by atoms with Gasteiger partial charge in [0.1, 0.15) is 5.75 Å². The third-order valence-corrected chi connectivity index (χ3v) is 4.36. The number of amides is 1. The molecule has 0 bridgehead atoms. The number of hydrogen-bond donors (Lipinski definition) is 2. The number of fused-ring (bicyclic) bond motifs is 1. The van der Waals surface area contributed by atoms with Crippen molar-refractivity contribution in [2.75, 3.05) is 18.5 Å². The molecule has 4 nitrogen and oxygen atoms in total. The molecule has 0 aromatic heterocycles. The molecule has 1 aliphatic carbocycles. The maximum atomic E-state index is 12.1. The molecule has 102 valence electrons. The largest absolute Gasteiger partial charge is 0.493 e. The molecule has 0 saturated heterocycles. The zero-order chi connectivity index (χ0) is 13.3. The highest BCUT2D eigenvalue weighted by Crippen LogP contribution is 2.43. The van der Waals surface area contributed by atoms with Crippen LogP contribution in [-0.4, -0.2) is 19.1 Å². The molecule has 2 aliphatic rings. The summed E-state index contributed by atoms with van der Waals surface area (Å²) in [5.74, 6) is 1.01. The molecular weight excluding hydrogens is 240 g/mol. The van der Waals surface area contributed by atoms with Crippen LogP contribution in [0.4, 0.5) is 5.69 Å². The van der Waals surface area contributed by atoms with E-state index >= 15 is 0 Å². The Morgan fingerprint density at radius 1 is 1.42 bits per heavy atom. The standard InChI is InChI=1S/C15H20N2O2/c16-10-15(5-1-6-15)9-14(18)17-12-2-3-13-11(8-12)4-7-19-13/h2-3,8H,1,4-7,9-10,16H2,(H,17,18). The van der Waals surface area contributed by atoms with Gasteiger partial charge in [-0.1, -0.05) is 6.42 Å². The minimum atomic E-state index is 0.0594. The lowest BCUT2D eigenvalue weighted by Gasteiger charge is -2.40. The van der Waals surface area contributed by atoms with Gasteiger partial charge in [0.15, 0.2) is 0 Å². The van der Waals surface area contributed by atoms with Gasteiger partial charge in [0, 0.05) is 18.5 Å². The average Bonchev–Trinajstić information content (AvgIpc) is 2.81. The van der Waals surface area contributed by atoms with Crippen LogP contribution in [-0.2, 0) is 11.2 Å². The van der Waals surface area contributed by atoms with Gasteiger partial charge in [0.2, 0.25) is 5.91 Å². The van der Waals surface area contributed by atoms with Gasteiger partial charge in [-0.15, -0.1) is 0 Å². The summed E-state index contributed by atoms with van der Waals surface area (Å²) in [6, 6.07) is 5.84. The number of nitrogens with one attached hydrogen (secondary N) is 1. The Labute approximate surface area is 113 Å². The van der Waals surface area contributed by atoms with E-state index in [2.05, 4.69) is 5.32 Å². The predicted octanol–water partition coefficient (Wildman–Crippen LogP) is 2.08. The van der Waals surface area contributed by atoms with Crippen molar-refractivity contribution < 1.29 is 9.53 Å². The lowest BCUT2D eigenvalue weighted by molar-refractivity contribution is -0.119. The first-order valence-corrected chi connectivity index (χ1v) is 6.96. The smallest absolute Gasteiger partial charge is 0.224 e. The molecule has 0 radical (unpaired) electrons. The minimum Gasteiger partial charge on any atom is -0.493 e. The first-order chi connectivity index (χ1) is 9.21. The van der Waals surface area contributed by atoms with Crippen molar-refractivity contribution in [1.29, 1.82) is 0 Å². The summed E-state index contributed by atoms with van der Waals surface area (Å²) in [4.78, 5) is 12.1. The summed E-state index contributed by atoms with van der Waals surface area (Å²) >= 11 is 0. The predicted molar refractivity (Wildman–Crippen MR) is 74.2 cm³/mol. The molecule has 1 aromatic carbocycles. The second-order valence-electron chi connectivity index (χ2n) is 5.70. The van der Waals surface area contributed by atoms with Gasteiger partial charge >= 0.3 is 0 Å². The fourth-order valence-electron chi connectivity index (χ4n) is 2.94. The quantitative estimate of drug-likeness (QED) is 0.871. The summed E-state index contributed by atoms with van der Waals surface area (Å²) in [5.41, 5.74) is 7.88. The van der Waals surface area contributed by atoms with Crippen molar-refractivity contribution in [2.45, 2.75) is 32.1 Å². The van der Waals surface area contributed by atoms with Crippen LogP contribution in [0, 0.1) is 5.41 Å². The molecule has 3 N–H and O–H groups in total. The first kappa shape index (κ1) is 12.5. The molecule has 1 aliphatic heterocycles. The number of nitrogens with two attached hydrogens (primary N) is 1. The van der Waals surface area contributed by atoms with Gasteiger partial charge in [-0.2, -0.15) is 0 Å². The van der Waals surface area contributed by atoms with Crippen molar-refractivity contribution in [3.63, 3.8) is 0 Å². The van der Waals surface area contributed by atoms with Crippen molar-refractivity contribution in [1.82, 2.24) is 0 Å². The van der Waals surface area contributed by atoms with Gasteiger partial charge in [-0.05, 0) is 48.6 Å². The maximum absolute atomic E-state index is 12.1. The second kappa shape index (κ2) is 4.85. The van der Waals surface area contributed by atoms with E-state index in [4.69, 9.17) is 10.5 Å². The Morgan fingerprint density at radius 3 is 2.95 bits per heavy atom. The summed E-state index contributed by atoms with van der Waals surface area (Å²) in [6.45, 7) is 1.35. The molecule has 1 fully saturated rings. The fourth-order valence-corrected chi connectivity index (χ4v) is 2.94. The molecule has 1 heterocycles. The number of carbonyl (C=O) groups is 1. The van der Waals surface area contributed by atoms with Crippen LogP contribution in [0.2, 0.25) is 0 Å². The summed E-state index contributed by atoms with van der Waals surface area (Å²) in [6.07, 6.45) is 4.81. The summed E-state index contributed by atoms with van der Waals surface area (Å²) < 4.78 is 5.45. The average molecular weight is 260 g/mol. The van der Waals surface area contributed by atoms with Gasteiger partial charge in [0.25, 0.3) is 0 Å². The summed E-state index contributed by atoms with van der Waals surface area (Å²) in [5, 5.41) is 2.98. The Kier molecular flexibility index (Phi) is 3.19. The van der Waals surface area contributed by atoms with E-state index in [0.29, 0.717) is 13.0 Å². The van der Waals surface area contributed by atoms with E-state index in [1.165, 1.54) is 12.0 Å². The number of carbonyl (C=O) groups excluding carboxylic acids is 1. The normalized spacial score (nSPS) is 19.2. The van der Waals surface area contributed by atoms with Gasteiger partial charge in [-0.3, -0.25) is 4.79 Å². The van der Waals surface area contributed by atoms with E-state index in [1.807, 2.05) is 18.2 Å². The number of hydrogen-bond acceptors (Lipinski definition) is 3. The van der Waals surface area contributed by atoms with Gasteiger partial charge in [0.05, 0.1) is 6.61 Å². The number of benzene rings is 1. The van der Waals surface area contributed by atoms with Crippen molar-refractivity contribution >= 4 is 11.6 Å². The highest BCUT2D eigenvalue weighted by Gasteiger charge is 2.37. The molecule has 1 saturated carbocycles. The van der Waals surface area contributed by atoms with Crippen LogP contribution >= 0.6 is 0 Å². The third-order valence-electron chi connectivity index (χ3n) is 4.36. The SMILES string of the molecule is NCC1(CC(=O)Nc2ccc3c(c2)CCO3)CCC1. The van der Waals surface area contributed by atoms with Crippen LogP contribution in [0.3, 0.4) is 0 Å². The first-order valence-electron chi connectivity index (χ1n) is 6.96. The van der Waals surface area contributed by atoms with Gasteiger partial charge in [-0.25, -0.2) is 0 Å². The Bertz CT molecular complexity index is 489. The van der Waals surface area contributed by atoms with E-state index in [0.717, 1.165) is 37.3 Å². The molecule has 0 spiro atoms. The lowest BCUT2D eigenvalue weighted by atomic mass is 9.66. The Balaban J connectivity index is 1.63. The van der Waals surface area contributed by atoms with Crippen molar-refractivity contribution in [3.05, 3.63) is 23.8 Å². The topological polar surface area (TPSA) is 64.4 Å². The number of anilines is 1. The highest BCUT2D eigenvalue weighted by atomic mass is 16.5. The maximum Gasteiger partial charge on any atom is 0.224 e. The molecule has 19 heavy (non-hydrogen) atoms. The van der Waals surface area contributed by atoms with E-state index < -0.39 is 0 Å². The van der Waals surface area contributed by atoms with Crippen molar-refractivity contribution in [2.24, 2.45) is 11.1 Å². The molecular formula is C15H20N2O2. The molecule has 0 unspecified atom stereocenters. The molecule has 3 rings (SSSR count). The second-order valence-corrected chi connectivity index (χ2v) is 5.70.